The first kappa shape index (κ1) is 14.2. The van der Waals surface area contributed by atoms with Gasteiger partial charge in [0.1, 0.15) is 5.82 Å². The Balaban J connectivity index is 2.00. The number of para-hydroxylation sites is 1. The molecule has 0 aliphatic heterocycles. The molecule has 0 radical (unpaired) electrons. The van der Waals surface area contributed by atoms with Crippen LogP contribution in [0.1, 0.15) is 19.7 Å². The highest BCUT2D eigenvalue weighted by molar-refractivity contribution is 5.78. The van der Waals surface area contributed by atoms with Gasteiger partial charge < -0.3 is 15.6 Å². The first-order valence-corrected chi connectivity index (χ1v) is 6.54. The monoisotopic (exact) mass is 274 g/mol. The smallest absolute Gasteiger partial charge is 0.258 e. The highest BCUT2D eigenvalue weighted by Crippen LogP contribution is 2.05. The van der Waals surface area contributed by atoms with E-state index < -0.39 is 0 Å². The molecular weight excluding hydrogens is 256 g/mol. The number of hydrogen-bond donors (Lipinski definition) is 3. The molecule has 106 valence electrons. The van der Waals surface area contributed by atoms with Crippen LogP contribution in [0.25, 0.3) is 10.9 Å². The Morgan fingerprint density at radius 3 is 2.85 bits per heavy atom. The second kappa shape index (κ2) is 6.29. The van der Waals surface area contributed by atoms with Crippen molar-refractivity contribution in [1.82, 2.24) is 20.6 Å². The summed E-state index contributed by atoms with van der Waals surface area (Å²) in [7, 11) is 0. The average Bonchev–Trinajstić information content (AvgIpc) is 2.38. The third-order valence-corrected chi connectivity index (χ3v) is 2.69. The fraction of sp³-hybridized carbons (Fsp3) is 0.357. The van der Waals surface area contributed by atoms with Crippen molar-refractivity contribution in [1.29, 1.82) is 0 Å². The quantitative estimate of drug-likeness (QED) is 0.742. The number of fused-ring (bicyclic) bond motifs is 1. The van der Waals surface area contributed by atoms with Crippen molar-refractivity contribution in [2.45, 2.75) is 26.4 Å². The first-order valence-electron chi connectivity index (χ1n) is 6.54. The van der Waals surface area contributed by atoms with Gasteiger partial charge in [-0.15, -0.1) is 0 Å². The first-order chi connectivity index (χ1) is 9.56. The molecule has 0 unspecified atom stereocenters. The van der Waals surface area contributed by atoms with Crippen molar-refractivity contribution in [3.05, 3.63) is 40.4 Å². The van der Waals surface area contributed by atoms with Crippen LogP contribution in [0.15, 0.2) is 29.1 Å². The predicted molar refractivity (Wildman–Crippen MR) is 77.3 cm³/mol. The van der Waals surface area contributed by atoms with Gasteiger partial charge in [-0.2, -0.15) is 0 Å². The minimum Gasteiger partial charge on any atom is -0.353 e. The van der Waals surface area contributed by atoms with Crippen LogP contribution in [0.3, 0.4) is 0 Å². The SMILES string of the molecule is CC(C)NC(=O)CNCc1nc2ccccc2c(=O)[nH]1. The molecule has 3 N–H and O–H groups in total. The third kappa shape index (κ3) is 3.64. The number of benzene rings is 1. The highest BCUT2D eigenvalue weighted by atomic mass is 16.2. The van der Waals surface area contributed by atoms with Crippen LogP contribution >= 0.6 is 0 Å². The molecule has 0 saturated heterocycles. The van der Waals surface area contributed by atoms with Gasteiger partial charge in [0.05, 0.1) is 24.0 Å². The summed E-state index contributed by atoms with van der Waals surface area (Å²) < 4.78 is 0. The number of nitrogens with zero attached hydrogens (tertiary/aromatic N) is 1. The summed E-state index contributed by atoms with van der Waals surface area (Å²) in [6.07, 6.45) is 0. The Labute approximate surface area is 116 Å². The Morgan fingerprint density at radius 1 is 1.35 bits per heavy atom. The summed E-state index contributed by atoms with van der Waals surface area (Å²) in [5.74, 6) is 0.439. The molecule has 0 saturated carbocycles. The molecule has 0 atom stereocenters. The summed E-state index contributed by atoms with van der Waals surface area (Å²) in [5.41, 5.74) is 0.485. The molecule has 2 rings (SSSR count). The molecule has 2 aromatic rings. The minimum atomic E-state index is -0.168. The van der Waals surface area contributed by atoms with E-state index >= 15 is 0 Å². The fourth-order valence-corrected chi connectivity index (χ4v) is 1.89. The Morgan fingerprint density at radius 2 is 2.10 bits per heavy atom. The van der Waals surface area contributed by atoms with Crippen LogP contribution in [0, 0.1) is 0 Å². The summed E-state index contributed by atoms with van der Waals surface area (Å²) in [5, 5.41) is 6.29. The van der Waals surface area contributed by atoms with Crippen molar-refractivity contribution < 1.29 is 4.79 Å². The van der Waals surface area contributed by atoms with Crippen LogP contribution < -0.4 is 16.2 Å². The summed E-state index contributed by atoms with van der Waals surface area (Å²) in [6, 6.07) is 7.27. The van der Waals surface area contributed by atoms with Gasteiger partial charge in [0.25, 0.3) is 5.56 Å². The van der Waals surface area contributed by atoms with Crippen molar-refractivity contribution in [2.75, 3.05) is 6.54 Å². The third-order valence-electron chi connectivity index (χ3n) is 2.69. The van der Waals surface area contributed by atoms with Gasteiger partial charge in [-0.1, -0.05) is 12.1 Å². The number of aromatic amines is 1. The van der Waals surface area contributed by atoms with Crippen molar-refractivity contribution >= 4 is 16.8 Å². The number of carbonyl (C=O) groups is 1. The van der Waals surface area contributed by atoms with E-state index in [4.69, 9.17) is 0 Å². The maximum Gasteiger partial charge on any atom is 0.258 e. The summed E-state index contributed by atoms with van der Waals surface area (Å²) >= 11 is 0. The zero-order valence-electron chi connectivity index (χ0n) is 11.6. The van der Waals surface area contributed by atoms with E-state index in [-0.39, 0.29) is 24.1 Å². The molecule has 1 heterocycles. The largest absolute Gasteiger partial charge is 0.353 e. The molecule has 1 aromatic carbocycles. The second-order valence-electron chi connectivity index (χ2n) is 4.86. The van der Waals surface area contributed by atoms with E-state index in [9.17, 15) is 9.59 Å². The Bertz CT molecular complexity index is 664. The van der Waals surface area contributed by atoms with Gasteiger partial charge in [0, 0.05) is 6.04 Å². The lowest BCUT2D eigenvalue weighted by molar-refractivity contribution is -0.120. The number of rotatable bonds is 5. The second-order valence-corrected chi connectivity index (χ2v) is 4.86. The number of aromatic nitrogens is 2. The normalized spacial score (nSPS) is 10.9. The molecule has 0 aliphatic rings. The van der Waals surface area contributed by atoms with Crippen LogP contribution in [0.2, 0.25) is 0 Å². The van der Waals surface area contributed by atoms with Crippen molar-refractivity contribution in [3.63, 3.8) is 0 Å². The number of amides is 1. The van der Waals surface area contributed by atoms with Crippen molar-refractivity contribution in [3.8, 4) is 0 Å². The molecule has 20 heavy (non-hydrogen) atoms. The molecule has 0 spiro atoms. The highest BCUT2D eigenvalue weighted by Gasteiger charge is 2.05. The number of nitrogens with one attached hydrogen (secondary N) is 3. The average molecular weight is 274 g/mol. The summed E-state index contributed by atoms with van der Waals surface area (Å²) in [4.78, 5) is 30.3. The van der Waals surface area contributed by atoms with E-state index in [1.54, 1.807) is 18.2 Å². The van der Waals surface area contributed by atoms with Gasteiger partial charge in [-0.25, -0.2) is 4.98 Å². The zero-order chi connectivity index (χ0) is 14.5. The Kier molecular flexibility index (Phi) is 4.47. The van der Waals surface area contributed by atoms with E-state index in [2.05, 4.69) is 20.6 Å². The van der Waals surface area contributed by atoms with E-state index in [1.165, 1.54) is 0 Å². The molecule has 0 fully saturated rings. The topological polar surface area (TPSA) is 86.9 Å². The lowest BCUT2D eigenvalue weighted by Gasteiger charge is -2.09. The number of carbonyl (C=O) groups excluding carboxylic acids is 1. The van der Waals surface area contributed by atoms with Gasteiger partial charge >= 0.3 is 0 Å². The maximum atomic E-state index is 11.8. The maximum absolute atomic E-state index is 11.8. The molecule has 1 amide bonds. The Hall–Kier alpha value is -2.21. The van der Waals surface area contributed by atoms with Gasteiger partial charge in [-0.05, 0) is 26.0 Å². The van der Waals surface area contributed by atoms with Crippen LogP contribution in [0.4, 0.5) is 0 Å². The fourth-order valence-electron chi connectivity index (χ4n) is 1.89. The lowest BCUT2D eigenvalue weighted by Crippen LogP contribution is -2.37. The van der Waals surface area contributed by atoms with E-state index in [1.807, 2.05) is 19.9 Å². The molecule has 1 aromatic heterocycles. The molecular formula is C14H18N4O2. The molecule has 6 heteroatoms. The van der Waals surface area contributed by atoms with Gasteiger partial charge in [0.2, 0.25) is 5.91 Å². The number of H-pyrrole nitrogens is 1. The van der Waals surface area contributed by atoms with Crippen LogP contribution in [-0.2, 0) is 11.3 Å². The van der Waals surface area contributed by atoms with E-state index in [0.29, 0.717) is 23.3 Å². The zero-order valence-corrected chi connectivity index (χ0v) is 11.6. The van der Waals surface area contributed by atoms with E-state index in [0.717, 1.165) is 0 Å². The van der Waals surface area contributed by atoms with Crippen molar-refractivity contribution in [2.24, 2.45) is 0 Å². The minimum absolute atomic E-state index is 0.0804. The van der Waals surface area contributed by atoms with Gasteiger partial charge in [-0.3, -0.25) is 9.59 Å². The molecule has 0 aliphatic carbocycles. The summed E-state index contributed by atoms with van der Waals surface area (Å²) in [6.45, 7) is 4.33. The number of hydrogen-bond acceptors (Lipinski definition) is 4. The van der Waals surface area contributed by atoms with Gasteiger partial charge in [0.15, 0.2) is 0 Å². The van der Waals surface area contributed by atoms with Crippen LogP contribution in [-0.4, -0.2) is 28.5 Å². The van der Waals surface area contributed by atoms with Crippen LogP contribution in [0.5, 0.6) is 0 Å². The molecule has 0 bridgehead atoms. The lowest BCUT2D eigenvalue weighted by atomic mass is 10.2. The predicted octanol–water partition coefficient (Wildman–Crippen LogP) is 0.537. The standard InChI is InChI=1S/C14H18N4O2/c1-9(2)16-13(19)8-15-7-12-17-11-6-4-3-5-10(11)14(20)18-12/h3-6,9,15H,7-8H2,1-2H3,(H,16,19)(H,17,18,20). The molecule has 6 nitrogen and oxygen atoms in total.